The minimum atomic E-state index is 0.0604. The number of hydrogen-bond acceptors (Lipinski definition) is 5. The van der Waals surface area contributed by atoms with E-state index in [9.17, 15) is 4.79 Å². The van der Waals surface area contributed by atoms with Gasteiger partial charge >= 0.3 is 0 Å². The van der Waals surface area contributed by atoms with Gasteiger partial charge in [-0.3, -0.25) is 9.89 Å². The van der Waals surface area contributed by atoms with Gasteiger partial charge in [-0.05, 0) is 60.4 Å². The highest BCUT2D eigenvalue weighted by atomic mass is 16.5. The smallest absolute Gasteiger partial charge is 0.224 e. The van der Waals surface area contributed by atoms with E-state index in [2.05, 4.69) is 26.5 Å². The van der Waals surface area contributed by atoms with E-state index in [1.165, 1.54) is 0 Å². The number of carbonyl (C=O) groups excluding carboxylic acids is 1. The lowest BCUT2D eigenvalue weighted by Gasteiger charge is -2.32. The van der Waals surface area contributed by atoms with Crippen molar-refractivity contribution >= 4 is 11.7 Å². The number of nitrogens with zero attached hydrogens (tertiary/aromatic N) is 2. The molecule has 4 rings (SSSR count). The second kappa shape index (κ2) is 9.55. The van der Waals surface area contributed by atoms with Crippen molar-refractivity contribution in [2.75, 3.05) is 32.2 Å². The Hall–Kier alpha value is -3.48. The van der Waals surface area contributed by atoms with Gasteiger partial charge in [0.05, 0.1) is 26.3 Å². The highest BCUT2D eigenvalue weighted by Crippen LogP contribution is 2.25. The summed E-state index contributed by atoms with van der Waals surface area (Å²) in [6, 6.07) is 17.8. The van der Waals surface area contributed by atoms with Crippen LogP contribution >= 0.6 is 0 Å². The molecule has 31 heavy (non-hydrogen) atoms. The Balaban J connectivity index is 1.27. The fraction of sp³-hybridized carbons (Fsp3) is 0.333. The van der Waals surface area contributed by atoms with Gasteiger partial charge in [-0.2, -0.15) is 5.10 Å². The molecule has 2 aromatic carbocycles. The lowest BCUT2D eigenvalue weighted by Crippen LogP contribution is -2.45. The summed E-state index contributed by atoms with van der Waals surface area (Å²) in [5, 5.41) is 10.8. The van der Waals surface area contributed by atoms with Gasteiger partial charge in [0.1, 0.15) is 11.5 Å². The standard InChI is InChI=1S/C24H28N4O3/c1-30-20-7-3-17(4-8-20)15-24(29)25-19-11-13-28(14-12-19)23-16-22(26-27-23)18-5-9-21(31-2)10-6-18/h3-10,16,19H,11-15H2,1-2H3,(H,25,29)(H,26,27). The van der Waals surface area contributed by atoms with Crippen LogP contribution < -0.4 is 19.7 Å². The number of anilines is 1. The van der Waals surface area contributed by atoms with Gasteiger partial charge in [0, 0.05) is 25.2 Å². The Labute approximate surface area is 182 Å². The quantitative estimate of drug-likeness (QED) is 0.612. The zero-order chi connectivity index (χ0) is 21.6. The zero-order valence-corrected chi connectivity index (χ0v) is 17.9. The first-order chi connectivity index (χ1) is 15.1. The molecule has 7 nitrogen and oxygen atoms in total. The van der Waals surface area contributed by atoms with Crippen LogP contribution in [0.5, 0.6) is 11.5 Å². The minimum absolute atomic E-state index is 0.0604. The van der Waals surface area contributed by atoms with Gasteiger partial charge in [-0.15, -0.1) is 0 Å². The molecule has 0 aliphatic carbocycles. The summed E-state index contributed by atoms with van der Waals surface area (Å²) in [6.07, 6.45) is 2.19. The molecule has 0 atom stereocenters. The first kappa shape index (κ1) is 20.8. The monoisotopic (exact) mass is 420 g/mol. The van der Waals surface area contributed by atoms with Crippen molar-refractivity contribution in [2.45, 2.75) is 25.3 Å². The number of hydrogen-bond donors (Lipinski definition) is 2. The number of carbonyl (C=O) groups is 1. The molecule has 1 amide bonds. The van der Waals surface area contributed by atoms with Crippen molar-refractivity contribution in [2.24, 2.45) is 0 Å². The van der Waals surface area contributed by atoms with E-state index in [0.717, 1.165) is 60.1 Å². The van der Waals surface area contributed by atoms with E-state index >= 15 is 0 Å². The number of amides is 1. The molecule has 1 saturated heterocycles. The first-order valence-electron chi connectivity index (χ1n) is 10.5. The number of methoxy groups -OCH3 is 2. The number of aromatic amines is 1. The Kier molecular flexibility index (Phi) is 6.40. The van der Waals surface area contributed by atoms with Crippen molar-refractivity contribution in [3.63, 3.8) is 0 Å². The molecule has 1 aliphatic rings. The highest BCUT2D eigenvalue weighted by molar-refractivity contribution is 5.79. The van der Waals surface area contributed by atoms with Gasteiger partial charge in [0.25, 0.3) is 0 Å². The summed E-state index contributed by atoms with van der Waals surface area (Å²) < 4.78 is 10.4. The Morgan fingerprint density at radius 2 is 1.65 bits per heavy atom. The minimum Gasteiger partial charge on any atom is -0.497 e. The van der Waals surface area contributed by atoms with Gasteiger partial charge in [0.15, 0.2) is 5.82 Å². The molecule has 1 aromatic heterocycles. The molecule has 2 heterocycles. The number of ether oxygens (including phenoxy) is 2. The molecule has 2 N–H and O–H groups in total. The molecule has 7 heteroatoms. The van der Waals surface area contributed by atoms with Crippen LogP contribution in [0.2, 0.25) is 0 Å². The summed E-state index contributed by atoms with van der Waals surface area (Å²) in [6.45, 7) is 1.72. The molecule has 0 bridgehead atoms. The second-order valence-electron chi connectivity index (χ2n) is 7.72. The molecule has 1 aliphatic heterocycles. The van der Waals surface area contributed by atoms with Crippen LogP contribution in [0.1, 0.15) is 18.4 Å². The summed E-state index contributed by atoms with van der Waals surface area (Å²) in [5.41, 5.74) is 3.03. The average molecular weight is 421 g/mol. The van der Waals surface area contributed by atoms with Crippen molar-refractivity contribution in [3.05, 3.63) is 60.2 Å². The maximum atomic E-state index is 12.4. The normalized spacial score (nSPS) is 14.3. The largest absolute Gasteiger partial charge is 0.497 e. The van der Waals surface area contributed by atoms with Crippen LogP contribution in [-0.4, -0.2) is 49.5 Å². The number of rotatable bonds is 7. The van der Waals surface area contributed by atoms with E-state index in [0.29, 0.717) is 6.42 Å². The molecule has 0 saturated carbocycles. The third kappa shape index (κ3) is 5.17. The molecule has 0 spiro atoms. The molecule has 0 unspecified atom stereocenters. The van der Waals surface area contributed by atoms with Crippen molar-refractivity contribution < 1.29 is 14.3 Å². The van der Waals surface area contributed by atoms with Gasteiger partial charge in [-0.1, -0.05) is 12.1 Å². The first-order valence-corrected chi connectivity index (χ1v) is 10.5. The third-order valence-electron chi connectivity index (χ3n) is 5.67. The zero-order valence-electron chi connectivity index (χ0n) is 17.9. The predicted octanol–water partition coefficient (Wildman–Crippen LogP) is 3.42. The molecule has 3 aromatic rings. The topological polar surface area (TPSA) is 79.5 Å². The van der Waals surface area contributed by atoms with Crippen molar-refractivity contribution in [1.29, 1.82) is 0 Å². The number of nitrogens with one attached hydrogen (secondary N) is 2. The van der Waals surface area contributed by atoms with Crippen molar-refractivity contribution in [1.82, 2.24) is 15.5 Å². The summed E-state index contributed by atoms with van der Waals surface area (Å²) in [7, 11) is 3.30. The van der Waals surface area contributed by atoms with E-state index < -0.39 is 0 Å². The predicted molar refractivity (Wildman–Crippen MR) is 121 cm³/mol. The maximum Gasteiger partial charge on any atom is 0.224 e. The second-order valence-corrected chi connectivity index (χ2v) is 7.72. The third-order valence-corrected chi connectivity index (χ3v) is 5.67. The average Bonchev–Trinajstić information content (AvgIpc) is 3.30. The van der Waals surface area contributed by atoms with Crippen molar-refractivity contribution in [3.8, 4) is 22.8 Å². The van der Waals surface area contributed by atoms with E-state index in [4.69, 9.17) is 9.47 Å². The fourth-order valence-electron chi connectivity index (χ4n) is 3.85. The summed E-state index contributed by atoms with van der Waals surface area (Å²) >= 11 is 0. The van der Waals surface area contributed by atoms with E-state index in [-0.39, 0.29) is 11.9 Å². The fourth-order valence-corrected chi connectivity index (χ4v) is 3.85. The van der Waals surface area contributed by atoms with Crippen LogP contribution in [0.4, 0.5) is 5.82 Å². The number of H-pyrrole nitrogens is 1. The lowest BCUT2D eigenvalue weighted by molar-refractivity contribution is -0.121. The Morgan fingerprint density at radius 1 is 1.03 bits per heavy atom. The summed E-state index contributed by atoms with van der Waals surface area (Å²) in [4.78, 5) is 14.7. The number of aromatic nitrogens is 2. The van der Waals surface area contributed by atoms with Gasteiger partial charge in [-0.25, -0.2) is 0 Å². The number of piperidine rings is 1. The maximum absolute atomic E-state index is 12.4. The molecular weight excluding hydrogens is 392 g/mol. The van der Waals surface area contributed by atoms with Gasteiger partial charge in [0.2, 0.25) is 5.91 Å². The van der Waals surface area contributed by atoms with Crippen LogP contribution in [0, 0.1) is 0 Å². The van der Waals surface area contributed by atoms with Gasteiger partial charge < -0.3 is 19.7 Å². The van der Waals surface area contributed by atoms with Crippen LogP contribution in [0.3, 0.4) is 0 Å². The molecular formula is C24H28N4O3. The van der Waals surface area contributed by atoms with Crippen LogP contribution in [-0.2, 0) is 11.2 Å². The Morgan fingerprint density at radius 3 is 2.26 bits per heavy atom. The Bertz CT molecular complexity index is 990. The SMILES string of the molecule is COc1ccc(CC(=O)NC2CCN(c3cc(-c4ccc(OC)cc4)[nH]n3)CC2)cc1. The van der Waals surface area contributed by atoms with E-state index in [1.807, 2.05) is 48.5 Å². The van der Waals surface area contributed by atoms with E-state index in [1.54, 1.807) is 14.2 Å². The highest BCUT2D eigenvalue weighted by Gasteiger charge is 2.22. The van der Waals surface area contributed by atoms with Crippen LogP contribution in [0.15, 0.2) is 54.6 Å². The van der Waals surface area contributed by atoms with Crippen LogP contribution in [0.25, 0.3) is 11.3 Å². The summed E-state index contributed by atoms with van der Waals surface area (Å²) in [5.74, 6) is 2.63. The molecule has 162 valence electrons. The molecule has 1 fully saturated rings. The molecule has 0 radical (unpaired) electrons. The lowest BCUT2D eigenvalue weighted by atomic mass is 10.0. The number of benzene rings is 2.